The molecule has 1 aromatic carbocycles. The van der Waals surface area contributed by atoms with Gasteiger partial charge < -0.3 is 9.47 Å². The van der Waals surface area contributed by atoms with Gasteiger partial charge in [-0.1, -0.05) is 0 Å². The molecule has 0 spiro atoms. The number of aromatic amines is 1. The van der Waals surface area contributed by atoms with Crippen molar-refractivity contribution in [1.29, 1.82) is 0 Å². The number of H-pyrrole nitrogens is 1. The molecule has 0 aliphatic heterocycles. The Morgan fingerprint density at radius 3 is 2.95 bits per heavy atom. The number of rotatable bonds is 6. The normalized spacial score (nSPS) is 14.5. The number of aromatic nitrogens is 3. The summed E-state index contributed by atoms with van der Waals surface area (Å²) in [5, 5.41) is 11.5. The number of nitrogens with one attached hydrogen (secondary N) is 1. The summed E-state index contributed by atoms with van der Waals surface area (Å²) in [6.07, 6.45) is 4.04. The van der Waals surface area contributed by atoms with Gasteiger partial charge in [-0.25, -0.2) is 0 Å². The predicted octanol–water partition coefficient (Wildman–Crippen LogP) is 3.11. The van der Waals surface area contributed by atoms with Gasteiger partial charge in [0.25, 0.3) is 0 Å². The van der Waals surface area contributed by atoms with Crippen molar-refractivity contribution in [3.63, 3.8) is 0 Å². The molecule has 1 aliphatic rings. The average molecular weight is 318 g/mol. The fourth-order valence-corrected chi connectivity index (χ4v) is 2.37. The minimum atomic E-state index is 0.472. The van der Waals surface area contributed by atoms with Gasteiger partial charge in [0, 0.05) is 5.92 Å². The van der Waals surface area contributed by atoms with E-state index in [0.29, 0.717) is 23.0 Å². The molecule has 3 rings (SSSR count). The van der Waals surface area contributed by atoms with E-state index in [1.54, 1.807) is 18.0 Å². The van der Waals surface area contributed by atoms with Crippen molar-refractivity contribution in [3.05, 3.63) is 34.4 Å². The van der Waals surface area contributed by atoms with E-state index >= 15 is 0 Å². The monoisotopic (exact) mass is 318 g/mol. The van der Waals surface area contributed by atoms with Crippen LogP contribution < -0.4 is 9.47 Å². The van der Waals surface area contributed by atoms with Crippen LogP contribution in [-0.4, -0.2) is 34.8 Å². The fraction of sp³-hybridized carbons (Fsp3) is 0.400. The second kappa shape index (κ2) is 6.31. The third kappa shape index (κ3) is 3.04. The van der Waals surface area contributed by atoms with Crippen molar-refractivity contribution < 1.29 is 9.47 Å². The number of nitrogens with zero attached hydrogens (tertiary/aromatic N) is 3. The Kier molecular flexibility index (Phi) is 4.24. The van der Waals surface area contributed by atoms with Crippen molar-refractivity contribution in [3.8, 4) is 11.5 Å². The van der Waals surface area contributed by atoms with Gasteiger partial charge in [-0.15, -0.1) is 0 Å². The number of ether oxygens (including phenoxy) is 2. The van der Waals surface area contributed by atoms with Crippen LogP contribution in [0.5, 0.6) is 11.5 Å². The highest BCUT2D eigenvalue weighted by atomic mass is 32.1. The smallest absolute Gasteiger partial charge is 0.216 e. The molecule has 1 aliphatic carbocycles. The summed E-state index contributed by atoms with van der Waals surface area (Å²) >= 11 is 5.23. The molecule has 0 amide bonds. The summed E-state index contributed by atoms with van der Waals surface area (Å²) < 4.78 is 13.0. The van der Waals surface area contributed by atoms with Gasteiger partial charge in [0.2, 0.25) is 4.77 Å². The van der Waals surface area contributed by atoms with Gasteiger partial charge in [0.05, 0.1) is 19.9 Å². The Morgan fingerprint density at radius 2 is 2.27 bits per heavy atom. The minimum absolute atomic E-state index is 0.472. The maximum absolute atomic E-state index is 5.50. The van der Waals surface area contributed by atoms with E-state index in [0.717, 1.165) is 30.0 Å². The summed E-state index contributed by atoms with van der Waals surface area (Å²) in [5.74, 6) is 2.78. The maximum Gasteiger partial charge on any atom is 0.216 e. The first-order valence-corrected chi connectivity index (χ1v) is 7.66. The van der Waals surface area contributed by atoms with Crippen molar-refractivity contribution >= 4 is 18.4 Å². The Bertz CT molecular complexity index is 746. The lowest BCUT2D eigenvalue weighted by atomic mass is 10.2. The van der Waals surface area contributed by atoms with Crippen LogP contribution in [0.15, 0.2) is 23.3 Å². The summed E-state index contributed by atoms with van der Waals surface area (Å²) in [6, 6.07) is 5.69. The Labute approximate surface area is 133 Å². The van der Waals surface area contributed by atoms with E-state index in [1.165, 1.54) is 0 Å². The Hall–Kier alpha value is -2.15. The molecular weight excluding hydrogens is 300 g/mol. The molecular formula is C15H18N4O2S. The molecule has 0 radical (unpaired) electrons. The Morgan fingerprint density at radius 1 is 1.45 bits per heavy atom. The second-order valence-electron chi connectivity index (χ2n) is 5.06. The summed E-state index contributed by atoms with van der Waals surface area (Å²) in [4.78, 5) is 0. The number of hydrogen-bond acceptors (Lipinski definition) is 5. The van der Waals surface area contributed by atoms with Crippen LogP contribution in [0.3, 0.4) is 0 Å². The summed E-state index contributed by atoms with van der Waals surface area (Å²) in [5.41, 5.74) is 0.908. The van der Waals surface area contributed by atoms with Crippen LogP contribution in [0.1, 0.15) is 37.1 Å². The molecule has 1 N–H and O–H groups in total. The molecule has 1 aromatic heterocycles. The van der Waals surface area contributed by atoms with Crippen molar-refractivity contribution in [2.24, 2.45) is 5.10 Å². The van der Waals surface area contributed by atoms with Crippen LogP contribution >= 0.6 is 12.2 Å². The van der Waals surface area contributed by atoms with E-state index in [9.17, 15) is 0 Å². The van der Waals surface area contributed by atoms with Gasteiger partial charge in [-0.3, -0.25) is 5.10 Å². The van der Waals surface area contributed by atoms with E-state index in [1.807, 2.05) is 25.1 Å². The Balaban J connectivity index is 1.86. The van der Waals surface area contributed by atoms with Gasteiger partial charge >= 0.3 is 0 Å². The topological polar surface area (TPSA) is 64.4 Å². The molecule has 22 heavy (non-hydrogen) atoms. The zero-order valence-electron chi connectivity index (χ0n) is 12.6. The molecule has 0 saturated heterocycles. The first-order valence-electron chi connectivity index (χ1n) is 7.25. The van der Waals surface area contributed by atoms with Crippen LogP contribution in [0, 0.1) is 4.77 Å². The van der Waals surface area contributed by atoms with Gasteiger partial charge in [0.1, 0.15) is 0 Å². The molecule has 0 unspecified atom stereocenters. The van der Waals surface area contributed by atoms with Gasteiger partial charge in [-0.05, 0) is 55.7 Å². The molecule has 1 fully saturated rings. The highest BCUT2D eigenvalue weighted by Gasteiger charge is 2.29. The maximum atomic E-state index is 5.50. The van der Waals surface area contributed by atoms with Gasteiger partial charge in [-0.2, -0.15) is 14.9 Å². The molecule has 2 aromatic rings. The van der Waals surface area contributed by atoms with Crippen LogP contribution in [-0.2, 0) is 0 Å². The quantitative estimate of drug-likeness (QED) is 0.656. The highest BCUT2D eigenvalue weighted by molar-refractivity contribution is 7.71. The molecule has 1 heterocycles. The van der Waals surface area contributed by atoms with E-state index in [2.05, 4.69) is 15.3 Å². The van der Waals surface area contributed by atoms with Crippen LogP contribution in [0.2, 0.25) is 0 Å². The average Bonchev–Trinajstić information content (AvgIpc) is 3.30. The lowest BCUT2D eigenvalue weighted by Gasteiger charge is -2.09. The van der Waals surface area contributed by atoms with Crippen molar-refractivity contribution in [1.82, 2.24) is 14.9 Å². The standard InChI is InChI=1S/C15H18N4O2S/c1-3-21-12-7-4-10(8-13(12)20-2)9-16-19-14(11-5-6-11)17-18-15(19)22/h4,7-9,11H,3,5-6H2,1-2H3,(H,18,22)/b16-9-. The molecule has 6 nitrogen and oxygen atoms in total. The summed E-state index contributed by atoms with van der Waals surface area (Å²) in [6.45, 7) is 2.54. The van der Waals surface area contributed by atoms with E-state index in [4.69, 9.17) is 21.7 Å². The zero-order valence-corrected chi connectivity index (χ0v) is 13.4. The molecule has 1 saturated carbocycles. The van der Waals surface area contributed by atoms with Crippen molar-refractivity contribution in [2.45, 2.75) is 25.7 Å². The lowest BCUT2D eigenvalue weighted by molar-refractivity contribution is 0.311. The first-order chi connectivity index (χ1) is 10.7. The van der Waals surface area contributed by atoms with Crippen molar-refractivity contribution in [2.75, 3.05) is 13.7 Å². The number of benzene rings is 1. The summed E-state index contributed by atoms with van der Waals surface area (Å²) in [7, 11) is 1.62. The SMILES string of the molecule is CCOc1ccc(/C=N\n2c(C3CC3)n[nH]c2=S)cc1OC. The molecule has 0 bridgehead atoms. The van der Waals surface area contributed by atoms with Crippen LogP contribution in [0.25, 0.3) is 0 Å². The fourth-order valence-electron chi connectivity index (χ4n) is 2.18. The van der Waals surface area contributed by atoms with E-state index in [-0.39, 0.29) is 0 Å². The molecule has 7 heteroatoms. The highest BCUT2D eigenvalue weighted by Crippen LogP contribution is 2.38. The predicted molar refractivity (Wildman–Crippen MR) is 86.5 cm³/mol. The largest absolute Gasteiger partial charge is 0.493 e. The van der Waals surface area contributed by atoms with Gasteiger partial charge in [0.15, 0.2) is 17.3 Å². The third-order valence-corrected chi connectivity index (χ3v) is 3.69. The number of hydrogen-bond donors (Lipinski definition) is 1. The molecule has 0 atom stereocenters. The first kappa shape index (κ1) is 14.8. The third-order valence-electron chi connectivity index (χ3n) is 3.43. The van der Waals surface area contributed by atoms with E-state index < -0.39 is 0 Å². The zero-order chi connectivity index (χ0) is 15.5. The molecule has 116 valence electrons. The lowest BCUT2D eigenvalue weighted by Crippen LogP contribution is -1.98. The second-order valence-corrected chi connectivity index (χ2v) is 5.45. The minimum Gasteiger partial charge on any atom is -0.493 e. The number of methoxy groups -OCH3 is 1. The van der Waals surface area contributed by atoms with Crippen LogP contribution in [0.4, 0.5) is 0 Å².